The molecule has 0 radical (unpaired) electrons. The highest BCUT2D eigenvalue weighted by Crippen LogP contribution is 2.26. The molecule has 0 saturated carbocycles. The lowest BCUT2D eigenvalue weighted by atomic mass is 10.2. The topological polar surface area (TPSA) is 56.8 Å². The molecule has 3 rings (SSSR count). The molecule has 0 spiro atoms. The lowest BCUT2D eigenvalue weighted by Crippen LogP contribution is -2.23. The third kappa shape index (κ3) is 6.26. The Hall–Kier alpha value is -2.02. The molecule has 2 aromatic carbocycles. The summed E-state index contributed by atoms with van der Waals surface area (Å²) in [6.45, 7) is 2.34. The molecule has 5 nitrogen and oxygen atoms in total. The predicted molar refractivity (Wildman–Crippen MR) is 111 cm³/mol. The van der Waals surface area contributed by atoms with E-state index in [-0.39, 0.29) is 5.91 Å². The van der Waals surface area contributed by atoms with Gasteiger partial charge in [-0.3, -0.25) is 4.79 Å². The van der Waals surface area contributed by atoms with Crippen LogP contribution in [-0.2, 0) is 16.0 Å². The molecule has 1 N–H and O–H groups in total. The Labute approximate surface area is 170 Å². The number of thioether (sulfide) groups is 1. The number of benzene rings is 2. The van der Waals surface area contributed by atoms with Crippen molar-refractivity contribution in [3.05, 3.63) is 59.7 Å². The van der Waals surface area contributed by atoms with Crippen molar-refractivity contribution in [3.63, 3.8) is 0 Å². The minimum atomic E-state index is -0.0684. The lowest BCUT2D eigenvalue weighted by molar-refractivity contribution is 0.0947. The maximum atomic E-state index is 12.7. The molecule has 1 atom stereocenters. The van der Waals surface area contributed by atoms with Gasteiger partial charge >= 0.3 is 0 Å². The van der Waals surface area contributed by atoms with E-state index < -0.39 is 0 Å². The largest absolute Gasteiger partial charge is 0.491 e. The maximum absolute atomic E-state index is 12.7. The predicted octanol–water partition coefficient (Wildman–Crippen LogP) is 3.91. The standard InChI is InChI=1S/C22H27NO4S/c1-25-12-13-27-18-7-4-6-17(14-18)15-23-22(24)20-9-2-3-10-21(20)28-16-19-8-5-11-26-19/h2-4,6-7,9-10,14,19H,5,8,11-13,15-16H2,1H3,(H,23,24). The van der Waals surface area contributed by atoms with E-state index in [0.717, 1.165) is 41.4 Å². The molecule has 1 aliphatic heterocycles. The van der Waals surface area contributed by atoms with Crippen LogP contribution in [0.5, 0.6) is 5.75 Å². The quantitative estimate of drug-likeness (QED) is 0.483. The molecule has 1 aliphatic rings. The second-order valence-corrected chi connectivity index (χ2v) is 7.68. The van der Waals surface area contributed by atoms with Crippen molar-refractivity contribution in [2.45, 2.75) is 30.4 Å². The van der Waals surface area contributed by atoms with E-state index in [0.29, 0.717) is 31.4 Å². The van der Waals surface area contributed by atoms with Crippen LogP contribution in [0.1, 0.15) is 28.8 Å². The van der Waals surface area contributed by atoms with Gasteiger partial charge in [0.2, 0.25) is 0 Å². The summed E-state index contributed by atoms with van der Waals surface area (Å²) in [6, 6.07) is 15.5. The zero-order chi connectivity index (χ0) is 19.6. The van der Waals surface area contributed by atoms with Gasteiger partial charge in [-0.25, -0.2) is 0 Å². The first-order valence-corrected chi connectivity index (χ1v) is 10.6. The third-order valence-corrected chi connectivity index (χ3v) is 5.69. The molecule has 6 heteroatoms. The summed E-state index contributed by atoms with van der Waals surface area (Å²) in [5.74, 6) is 1.59. The number of rotatable bonds is 10. The number of nitrogens with one attached hydrogen (secondary N) is 1. The van der Waals surface area contributed by atoms with E-state index in [1.54, 1.807) is 18.9 Å². The van der Waals surface area contributed by atoms with Crippen molar-refractivity contribution in [1.82, 2.24) is 5.32 Å². The summed E-state index contributed by atoms with van der Waals surface area (Å²) in [5, 5.41) is 3.01. The first-order chi connectivity index (χ1) is 13.8. The summed E-state index contributed by atoms with van der Waals surface area (Å²) in [5.41, 5.74) is 1.70. The number of hydrogen-bond acceptors (Lipinski definition) is 5. The van der Waals surface area contributed by atoms with Gasteiger partial charge in [-0.2, -0.15) is 0 Å². The maximum Gasteiger partial charge on any atom is 0.252 e. The summed E-state index contributed by atoms with van der Waals surface area (Å²) in [7, 11) is 1.65. The Kier molecular flexibility index (Phi) is 8.21. The second-order valence-electron chi connectivity index (χ2n) is 6.61. The highest BCUT2D eigenvalue weighted by atomic mass is 32.2. The Morgan fingerprint density at radius 2 is 2.11 bits per heavy atom. The fourth-order valence-corrected chi connectivity index (χ4v) is 4.12. The van der Waals surface area contributed by atoms with Crippen molar-refractivity contribution in [2.75, 3.05) is 32.7 Å². The molecule has 28 heavy (non-hydrogen) atoms. The minimum absolute atomic E-state index is 0.0684. The van der Waals surface area contributed by atoms with Crippen LogP contribution in [0.15, 0.2) is 53.4 Å². The molecule has 0 aliphatic carbocycles. The summed E-state index contributed by atoms with van der Waals surface area (Å²) < 4.78 is 16.3. The van der Waals surface area contributed by atoms with E-state index in [2.05, 4.69) is 5.32 Å². The fourth-order valence-electron chi connectivity index (χ4n) is 3.00. The van der Waals surface area contributed by atoms with E-state index >= 15 is 0 Å². The van der Waals surface area contributed by atoms with Gasteiger partial charge in [0.15, 0.2) is 0 Å². The first-order valence-electron chi connectivity index (χ1n) is 9.58. The number of carbonyl (C=O) groups excluding carboxylic acids is 1. The average molecular weight is 402 g/mol. The highest BCUT2D eigenvalue weighted by molar-refractivity contribution is 7.99. The van der Waals surface area contributed by atoms with Gasteiger partial charge in [-0.05, 0) is 42.7 Å². The van der Waals surface area contributed by atoms with Crippen molar-refractivity contribution < 1.29 is 19.0 Å². The summed E-state index contributed by atoms with van der Waals surface area (Å²) in [6.07, 6.45) is 2.52. The van der Waals surface area contributed by atoms with Gasteiger partial charge in [0.25, 0.3) is 5.91 Å². The van der Waals surface area contributed by atoms with E-state index in [4.69, 9.17) is 14.2 Å². The van der Waals surface area contributed by atoms with E-state index in [9.17, 15) is 4.79 Å². The van der Waals surface area contributed by atoms with Crippen LogP contribution in [0.3, 0.4) is 0 Å². The lowest BCUT2D eigenvalue weighted by Gasteiger charge is -2.13. The average Bonchev–Trinajstić information content (AvgIpc) is 3.25. The molecule has 150 valence electrons. The Balaban J connectivity index is 1.55. The van der Waals surface area contributed by atoms with Crippen molar-refractivity contribution in [1.29, 1.82) is 0 Å². The number of carbonyl (C=O) groups is 1. The van der Waals surface area contributed by atoms with Gasteiger partial charge in [-0.15, -0.1) is 11.8 Å². The zero-order valence-electron chi connectivity index (χ0n) is 16.2. The number of amides is 1. The molecule has 0 aromatic heterocycles. The van der Waals surface area contributed by atoms with E-state index in [1.807, 2.05) is 48.5 Å². The molecule has 1 amide bonds. The van der Waals surface area contributed by atoms with Gasteiger partial charge in [0.05, 0.1) is 18.3 Å². The second kappa shape index (κ2) is 11.1. The van der Waals surface area contributed by atoms with Crippen LogP contribution in [0.4, 0.5) is 0 Å². The fraction of sp³-hybridized carbons (Fsp3) is 0.409. The zero-order valence-corrected chi connectivity index (χ0v) is 17.0. The number of ether oxygens (including phenoxy) is 3. The number of hydrogen-bond donors (Lipinski definition) is 1. The van der Waals surface area contributed by atoms with Gasteiger partial charge in [-0.1, -0.05) is 24.3 Å². The molecule has 1 unspecified atom stereocenters. The van der Waals surface area contributed by atoms with Crippen LogP contribution in [0.2, 0.25) is 0 Å². The van der Waals surface area contributed by atoms with Crippen LogP contribution in [0.25, 0.3) is 0 Å². The van der Waals surface area contributed by atoms with Crippen LogP contribution in [0, 0.1) is 0 Å². The Bertz CT molecular complexity index is 762. The molecule has 1 saturated heterocycles. The van der Waals surface area contributed by atoms with Crippen LogP contribution < -0.4 is 10.1 Å². The van der Waals surface area contributed by atoms with Crippen molar-refractivity contribution in [2.24, 2.45) is 0 Å². The molecule has 1 fully saturated rings. The van der Waals surface area contributed by atoms with Crippen molar-refractivity contribution >= 4 is 17.7 Å². The van der Waals surface area contributed by atoms with Crippen molar-refractivity contribution in [3.8, 4) is 5.75 Å². The number of methoxy groups -OCH3 is 1. The smallest absolute Gasteiger partial charge is 0.252 e. The monoisotopic (exact) mass is 401 g/mol. The molecular formula is C22H27NO4S. The Morgan fingerprint density at radius 3 is 2.93 bits per heavy atom. The molecule has 0 bridgehead atoms. The first kappa shape index (κ1) is 20.7. The summed E-state index contributed by atoms with van der Waals surface area (Å²) >= 11 is 1.69. The van der Waals surface area contributed by atoms with Gasteiger partial charge in [0, 0.05) is 30.9 Å². The van der Waals surface area contributed by atoms with Gasteiger partial charge < -0.3 is 19.5 Å². The highest BCUT2D eigenvalue weighted by Gasteiger charge is 2.17. The van der Waals surface area contributed by atoms with E-state index in [1.165, 1.54) is 0 Å². The summed E-state index contributed by atoms with van der Waals surface area (Å²) in [4.78, 5) is 13.7. The minimum Gasteiger partial charge on any atom is -0.491 e. The van der Waals surface area contributed by atoms with Crippen LogP contribution in [-0.4, -0.2) is 44.7 Å². The molecular weight excluding hydrogens is 374 g/mol. The van der Waals surface area contributed by atoms with Gasteiger partial charge in [0.1, 0.15) is 12.4 Å². The Morgan fingerprint density at radius 1 is 1.21 bits per heavy atom. The normalized spacial score (nSPS) is 16.1. The molecule has 1 heterocycles. The SMILES string of the molecule is COCCOc1cccc(CNC(=O)c2ccccc2SCC2CCCO2)c1. The van der Waals surface area contributed by atoms with Crippen LogP contribution >= 0.6 is 11.8 Å². The molecule has 2 aromatic rings. The third-order valence-electron chi connectivity index (χ3n) is 4.49.